The standard InChI is InChI=1S/C12H11FN2O4S/c1-7-11(8(2)19-15-7)12(16)14-9-5-3-4-6-10(9)20(13,17)18/h3-6H,1-2H3,(H,14,16). The smallest absolute Gasteiger partial charge is 0.334 e. The molecule has 0 bridgehead atoms. The molecule has 0 spiro atoms. The molecular weight excluding hydrogens is 287 g/mol. The fourth-order valence-corrected chi connectivity index (χ4v) is 2.40. The zero-order valence-corrected chi connectivity index (χ0v) is 11.5. The SMILES string of the molecule is Cc1noc(C)c1C(=O)Nc1ccccc1S(=O)(=O)F. The van der Waals surface area contributed by atoms with Crippen molar-refractivity contribution in [1.82, 2.24) is 5.16 Å². The number of hydrogen-bond donors (Lipinski definition) is 1. The van der Waals surface area contributed by atoms with E-state index < -0.39 is 21.0 Å². The molecule has 2 rings (SSSR count). The summed E-state index contributed by atoms with van der Waals surface area (Å²) in [4.78, 5) is 11.5. The number of amides is 1. The number of nitrogens with zero attached hydrogens (tertiary/aromatic N) is 1. The van der Waals surface area contributed by atoms with Crippen LogP contribution < -0.4 is 5.32 Å². The molecule has 1 aromatic heterocycles. The maximum absolute atomic E-state index is 13.1. The van der Waals surface area contributed by atoms with E-state index >= 15 is 0 Å². The van der Waals surface area contributed by atoms with Gasteiger partial charge in [0.15, 0.2) is 0 Å². The van der Waals surface area contributed by atoms with Crippen LogP contribution in [-0.2, 0) is 10.2 Å². The Morgan fingerprint density at radius 3 is 2.50 bits per heavy atom. The predicted octanol–water partition coefficient (Wildman–Crippen LogP) is 2.20. The number of carbonyl (C=O) groups excluding carboxylic acids is 1. The maximum Gasteiger partial charge on any atom is 0.334 e. The molecular formula is C12H11FN2O4S. The number of rotatable bonds is 3. The third-order valence-corrected chi connectivity index (χ3v) is 3.54. The number of benzene rings is 1. The highest BCUT2D eigenvalue weighted by Crippen LogP contribution is 2.24. The van der Waals surface area contributed by atoms with Gasteiger partial charge in [0.25, 0.3) is 5.91 Å². The van der Waals surface area contributed by atoms with Gasteiger partial charge in [0.1, 0.15) is 16.2 Å². The van der Waals surface area contributed by atoms with Crippen LogP contribution in [0.25, 0.3) is 0 Å². The quantitative estimate of drug-likeness (QED) is 0.877. The molecule has 0 fully saturated rings. The molecule has 0 aliphatic rings. The number of nitrogens with one attached hydrogen (secondary N) is 1. The molecule has 6 nitrogen and oxygen atoms in total. The number of carbonyl (C=O) groups is 1. The van der Waals surface area contributed by atoms with Crippen molar-refractivity contribution in [2.24, 2.45) is 0 Å². The van der Waals surface area contributed by atoms with E-state index in [2.05, 4.69) is 10.5 Å². The molecule has 0 aliphatic carbocycles. The highest BCUT2D eigenvalue weighted by atomic mass is 32.3. The first-order valence-electron chi connectivity index (χ1n) is 5.58. The molecule has 0 atom stereocenters. The van der Waals surface area contributed by atoms with Crippen molar-refractivity contribution < 1.29 is 21.6 Å². The lowest BCUT2D eigenvalue weighted by Crippen LogP contribution is -2.15. The molecule has 1 N–H and O–H groups in total. The minimum Gasteiger partial charge on any atom is -0.361 e. The fourth-order valence-electron chi connectivity index (χ4n) is 1.77. The number of aromatic nitrogens is 1. The molecule has 1 aromatic carbocycles. The van der Waals surface area contributed by atoms with Crippen molar-refractivity contribution in [3.63, 3.8) is 0 Å². The number of hydrogen-bond acceptors (Lipinski definition) is 5. The van der Waals surface area contributed by atoms with E-state index in [9.17, 15) is 17.1 Å². The molecule has 0 saturated heterocycles. The normalized spacial score (nSPS) is 11.3. The third-order valence-electron chi connectivity index (χ3n) is 2.66. The van der Waals surface area contributed by atoms with Crippen LogP contribution in [0, 0.1) is 13.8 Å². The van der Waals surface area contributed by atoms with Crippen molar-refractivity contribution >= 4 is 21.8 Å². The van der Waals surface area contributed by atoms with Gasteiger partial charge in [-0.05, 0) is 26.0 Å². The fraction of sp³-hybridized carbons (Fsp3) is 0.167. The first-order chi connectivity index (χ1) is 9.30. The Morgan fingerprint density at radius 2 is 1.95 bits per heavy atom. The van der Waals surface area contributed by atoms with E-state index in [1.807, 2.05) is 0 Å². The molecule has 0 unspecified atom stereocenters. The van der Waals surface area contributed by atoms with Crippen LogP contribution in [0.3, 0.4) is 0 Å². The zero-order valence-electron chi connectivity index (χ0n) is 10.7. The lowest BCUT2D eigenvalue weighted by molar-refractivity contribution is 0.102. The molecule has 0 aliphatic heterocycles. The number of para-hydroxylation sites is 1. The van der Waals surface area contributed by atoms with Gasteiger partial charge in [0, 0.05) is 0 Å². The molecule has 1 amide bonds. The van der Waals surface area contributed by atoms with Gasteiger partial charge in [-0.15, -0.1) is 3.89 Å². The van der Waals surface area contributed by atoms with E-state index in [4.69, 9.17) is 4.52 Å². The maximum atomic E-state index is 13.1. The molecule has 2 aromatic rings. The van der Waals surface area contributed by atoms with Crippen LogP contribution in [0.1, 0.15) is 21.8 Å². The van der Waals surface area contributed by atoms with Gasteiger partial charge in [-0.3, -0.25) is 4.79 Å². The summed E-state index contributed by atoms with van der Waals surface area (Å²) in [6.45, 7) is 3.12. The van der Waals surface area contributed by atoms with Crippen molar-refractivity contribution in [2.45, 2.75) is 18.7 Å². The summed E-state index contributed by atoms with van der Waals surface area (Å²) >= 11 is 0. The van der Waals surface area contributed by atoms with Crippen molar-refractivity contribution in [1.29, 1.82) is 0 Å². The highest BCUT2D eigenvalue weighted by molar-refractivity contribution is 7.86. The van der Waals surface area contributed by atoms with E-state index in [0.29, 0.717) is 11.5 Å². The summed E-state index contributed by atoms with van der Waals surface area (Å²) in [6, 6.07) is 5.20. The second kappa shape index (κ2) is 5.04. The van der Waals surface area contributed by atoms with Crippen molar-refractivity contribution in [3.05, 3.63) is 41.3 Å². The summed E-state index contributed by atoms with van der Waals surface area (Å²) in [5, 5.41) is 5.96. The van der Waals surface area contributed by atoms with E-state index in [1.54, 1.807) is 13.8 Å². The largest absolute Gasteiger partial charge is 0.361 e. The lowest BCUT2D eigenvalue weighted by atomic mass is 10.2. The molecule has 0 saturated carbocycles. The topological polar surface area (TPSA) is 89.3 Å². The zero-order chi connectivity index (χ0) is 14.9. The van der Waals surface area contributed by atoms with Crippen LogP contribution >= 0.6 is 0 Å². The Bertz CT molecular complexity index is 748. The predicted molar refractivity (Wildman–Crippen MR) is 68.7 cm³/mol. The number of anilines is 1. The Labute approximate surface area is 114 Å². The lowest BCUT2D eigenvalue weighted by Gasteiger charge is -2.07. The van der Waals surface area contributed by atoms with Gasteiger partial charge in [0.05, 0.1) is 11.4 Å². The molecule has 1 heterocycles. The van der Waals surface area contributed by atoms with Gasteiger partial charge in [-0.25, -0.2) is 0 Å². The summed E-state index contributed by atoms with van der Waals surface area (Å²) in [6.07, 6.45) is 0. The first-order valence-corrected chi connectivity index (χ1v) is 6.97. The summed E-state index contributed by atoms with van der Waals surface area (Å²) in [7, 11) is -4.92. The first kappa shape index (κ1) is 14.2. The van der Waals surface area contributed by atoms with Crippen LogP contribution in [0.5, 0.6) is 0 Å². The molecule has 106 valence electrons. The van der Waals surface area contributed by atoms with Crippen LogP contribution in [0.2, 0.25) is 0 Å². The Balaban J connectivity index is 2.39. The van der Waals surface area contributed by atoms with Gasteiger partial charge in [-0.1, -0.05) is 17.3 Å². The Kier molecular flexibility index (Phi) is 3.58. The van der Waals surface area contributed by atoms with Gasteiger partial charge >= 0.3 is 10.2 Å². The Morgan fingerprint density at radius 1 is 1.30 bits per heavy atom. The highest BCUT2D eigenvalue weighted by Gasteiger charge is 2.22. The second-order valence-corrected chi connectivity index (χ2v) is 5.40. The van der Waals surface area contributed by atoms with E-state index in [1.165, 1.54) is 18.2 Å². The van der Waals surface area contributed by atoms with Crippen LogP contribution in [-0.4, -0.2) is 19.5 Å². The summed E-state index contributed by atoms with van der Waals surface area (Å²) < 4.78 is 40.0. The number of aryl methyl sites for hydroxylation is 2. The van der Waals surface area contributed by atoms with Crippen LogP contribution in [0.15, 0.2) is 33.7 Å². The van der Waals surface area contributed by atoms with Gasteiger partial charge < -0.3 is 9.84 Å². The van der Waals surface area contributed by atoms with E-state index in [-0.39, 0.29) is 11.3 Å². The summed E-state index contributed by atoms with van der Waals surface area (Å²) in [5.41, 5.74) is 0.414. The minimum atomic E-state index is -4.92. The minimum absolute atomic E-state index is 0.139. The summed E-state index contributed by atoms with van der Waals surface area (Å²) in [5.74, 6) is -0.321. The van der Waals surface area contributed by atoms with Gasteiger partial charge in [-0.2, -0.15) is 8.42 Å². The number of halogens is 1. The molecule has 20 heavy (non-hydrogen) atoms. The monoisotopic (exact) mass is 298 g/mol. The third kappa shape index (κ3) is 2.69. The average molecular weight is 298 g/mol. The van der Waals surface area contributed by atoms with Gasteiger partial charge in [0.2, 0.25) is 0 Å². The Hall–Kier alpha value is -2.22. The van der Waals surface area contributed by atoms with Crippen molar-refractivity contribution in [2.75, 3.05) is 5.32 Å². The van der Waals surface area contributed by atoms with E-state index in [0.717, 1.165) is 6.07 Å². The second-order valence-electron chi connectivity index (χ2n) is 4.09. The average Bonchev–Trinajstić information content (AvgIpc) is 2.68. The molecule has 0 radical (unpaired) electrons. The molecule has 8 heteroatoms. The van der Waals surface area contributed by atoms with Crippen molar-refractivity contribution in [3.8, 4) is 0 Å². The van der Waals surface area contributed by atoms with Crippen LogP contribution in [0.4, 0.5) is 9.57 Å².